The average Bonchev–Trinajstić information content (AvgIpc) is 3.30. The van der Waals surface area contributed by atoms with Crippen molar-refractivity contribution in [2.24, 2.45) is 0 Å². The first-order chi connectivity index (χ1) is 16.4. The Labute approximate surface area is 208 Å². The van der Waals surface area contributed by atoms with Crippen LogP contribution < -0.4 is 10.4 Å². The van der Waals surface area contributed by atoms with E-state index in [1.54, 1.807) is 20.8 Å². The fourth-order valence-corrected chi connectivity index (χ4v) is 9.53. The van der Waals surface area contributed by atoms with Gasteiger partial charge in [-0.1, -0.05) is 81.4 Å². The smallest absolute Gasteiger partial charge is 0.434 e. The van der Waals surface area contributed by atoms with Crippen LogP contribution in [0.2, 0.25) is 5.04 Å². The molecule has 0 aliphatic carbocycles. The summed E-state index contributed by atoms with van der Waals surface area (Å²) < 4.78 is 18.2. The zero-order valence-corrected chi connectivity index (χ0v) is 22.3. The highest BCUT2D eigenvalue weighted by Gasteiger charge is 2.56. The molecule has 2 aromatic carbocycles. The van der Waals surface area contributed by atoms with E-state index in [0.717, 1.165) is 10.4 Å². The number of hydroxylamine groups is 2. The molecule has 0 N–H and O–H groups in total. The van der Waals surface area contributed by atoms with E-state index in [1.807, 2.05) is 36.4 Å². The lowest BCUT2D eigenvalue weighted by Crippen LogP contribution is -2.67. The summed E-state index contributed by atoms with van der Waals surface area (Å²) in [4.78, 5) is 31.0. The molecule has 2 aliphatic heterocycles. The third-order valence-corrected chi connectivity index (χ3v) is 11.4. The van der Waals surface area contributed by atoms with Gasteiger partial charge in [-0.2, -0.15) is 5.06 Å². The van der Waals surface area contributed by atoms with Gasteiger partial charge in [0.2, 0.25) is 0 Å². The molecule has 8 heteroatoms. The number of amides is 1. The van der Waals surface area contributed by atoms with Crippen molar-refractivity contribution in [3.63, 3.8) is 0 Å². The van der Waals surface area contributed by atoms with Gasteiger partial charge in [0.1, 0.15) is 17.7 Å². The summed E-state index contributed by atoms with van der Waals surface area (Å²) in [5.41, 5.74) is -0.696. The molecule has 7 nitrogen and oxygen atoms in total. The second-order valence-electron chi connectivity index (χ2n) is 11.2. The first-order valence-electron chi connectivity index (χ1n) is 12.1. The molecule has 3 atom stereocenters. The van der Waals surface area contributed by atoms with Crippen LogP contribution in [0.5, 0.6) is 0 Å². The quantitative estimate of drug-likeness (QED) is 0.462. The standard InChI is InChI=1S/C27H35NO6Si/c1-26(2,3)33-25(30)28-21(24-22(34-28)17-23(29)32-24)18-31-35(27(4,5)6,19-13-9-7-10-14-19)20-15-11-8-12-16-20/h7-16,21-22,24H,17-18H2,1-6H3/t21-,22-,24-/m1/s1. The highest BCUT2D eigenvalue weighted by atomic mass is 28.4. The van der Waals surface area contributed by atoms with Gasteiger partial charge < -0.3 is 13.9 Å². The summed E-state index contributed by atoms with van der Waals surface area (Å²) in [5, 5.41) is 3.23. The molecular weight excluding hydrogens is 462 g/mol. The molecule has 0 aromatic heterocycles. The van der Waals surface area contributed by atoms with E-state index in [0.29, 0.717) is 0 Å². The number of benzene rings is 2. The Kier molecular flexibility index (Phi) is 6.83. The summed E-state index contributed by atoms with van der Waals surface area (Å²) in [6, 6.07) is 19.9. The molecule has 0 bridgehead atoms. The number of ether oxygens (including phenoxy) is 2. The van der Waals surface area contributed by atoms with E-state index in [2.05, 4.69) is 45.0 Å². The minimum absolute atomic E-state index is 0.0969. The first kappa shape index (κ1) is 25.4. The molecule has 0 unspecified atom stereocenters. The van der Waals surface area contributed by atoms with E-state index >= 15 is 0 Å². The van der Waals surface area contributed by atoms with Crippen molar-refractivity contribution in [3.05, 3.63) is 60.7 Å². The number of rotatable bonds is 5. The minimum atomic E-state index is -2.86. The summed E-state index contributed by atoms with van der Waals surface area (Å²) in [6.07, 6.45) is -1.66. The minimum Gasteiger partial charge on any atom is -0.457 e. The summed E-state index contributed by atoms with van der Waals surface area (Å²) >= 11 is 0. The predicted molar refractivity (Wildman–Crippen MR) is 135 cm³/mol. The largest absolute Gasteiger partial charge is 0.457 e. The Balaban J connectivity index is 1.72. The van der Waals surface area contributed by atoms with Crippen LogP contribution in [0.4, 0.5) is 4.79 Å². The van der Waals surface area contributed by atoms with Crippen molar-refractivity contribution < 1.29 is 28.3 Å². The predicted octanol–water partition coefficient (Wildman–Crippen LogP) is 3.80. The van der Waals surface area contributed by atoms with E-state index < -0.39 is 38.3 Å². The number of fused-ring (bicyclic) bond motifs is 1. The van der Waals surface area contributed by atoms with E-state index in [-0.39, 0.29) is 24.0 Å². The average molecular weight is 498 g/mol. The van der Waals surface area contributed by atoms with Gasteiger partial charge in [-0.3, -0.25) is 9.63 Å². The highest BCUT2D eigenvalue weighted by Crippen LogP contribution is 2.39. The molecule has 188 valence electrons. The summed E-state index contributed by atoms with van der Waals surface area (Å²) in [6.45, 7) is 12.1. The Hall–Kier alpha value is -2.68. The molecule has 2 heterocycles. The fraction of sp³-hybridized carbons (Fsp3) is 0.481. The number of hydrogen-bond acceptors (Lipinski definition) is 6. The van der Waals surface area contributed by atoms with Crippen LogP contribution in [0.3, 0.4) is 0 Å². The van der Waals surface area contributed by atoms with Crippen LogP contribution in [0.25, 0.3) is 0 Å². The van der Waals surface area contributed by atoms with Gasteiger partial charge >= 0.3 is 12.1 Å². The van der Waals surface area contributed by atoms with E-state index in [4.69, 9.17) is 18.7 Å². The maximum atomic E-state index is 13.0. The maximum Gasteiger partial charge on any atom is 0.434 e. The number of hydrogen-bond donors (Lipinski definition) is 0. The second-order valence-corrected chi connectivity index (χ2v) is 15.5. The lowest BCUT2D eigenvalue weighted by molar-refractivity contribution is -0.161. The lowest BCUT2D eigenvalue weighted by Gasteiger charge is -2.44. The van der Waals surface area contributed by atoms with Crippen LogP contribution in [0, 0.1) is 0 Å². The van der Waals surface area contributed by atoms with Crippen molar-refractivity contribution in [3.8, 4) is 0 Å². The van der Waals surface area contributed by atoms with Crippen LogP contribution >= 0.6 is 0 Å². The molecule has 0 saturated carbocycles. The van der Waals surface area contributed by atoms with Crippen LogP contribution in [-0.4, -0.2) is 55.9 Å². The molecule has 4 rings (SSSR count). The first-order valence-corrected chi connectivity index (χ1v) is 14.0. The monoisotopic (exact) mass is 497 g/mol. The fourth-order valence-electron chi connectivity index (χ4n) is 4.96. The Bertz CT molecular complexity index is 1010. The molecular formula is C27H35NO6Si. The maximum absolute atomic E-state index is 13.0. The summed E-state index contributed by atoms with van der Waals surface area (Å²) in [5.74, 6) is -0.334. The molecule has 2 aromatic rings. The lowest BCUT2D eigenvalue weighted by atomic mass is 10.1. The second kappa shape index (κ2) is 9.41. The van der Waals surface area contributed by atoms with Crippen molar-refractivity contribution >= 4 is 30.8 Å². The van der Waals surface area contributed by atoms with Gasteiger partial charge in [-0.15, -0.1) is 0 Å². The van der Waals surface area contributed by atoms with Gasteiger partial charge in [-0.05, 0) is 36.2 Å². The SMILES string of the molecule is CC(C)(C)OC(=O)N1O[C@@H]2CC(=O)O[C@@H]2[C@H]1CO[Si](c1ccccc1)(c1ccccc1)C(C)(C)C. The molecule has 35 heavy (non-hydrogen) atoms. The number of carbonyl (C=O) groups is 2. The van der Waals surface area contributed by atoms with Gasteiger partial charge in [0, 0.05) is 0 Å². The van der Waals surface area contributed by atoms with Crippen molar-refractivity contribution in [2.75, 3.05) is 6.61 Å². The zero-order valence-electron chi connectivity index (χ0n) is 21.3. The van der Waals surface area contributed by atoms with Gasteiger partial charge in [0.05, 0.1) is 13.0 Å². The Morgan fingerprint density at radius 3 is 2.00 bits per heavy atom. The molecule has 0 radical (unpaired) electrons. The van der Waals surface area contributed by atoms with Crippen LogP contribution in [0.1, 0.15) is 48.0 Å². The Morgan fingerprint density at radius 2 is 1.51 bits per heavy atom. The number of esters is 1. The van der Waals surface area contributed by atoms with Gasteiger partial charge in [-0.25, -0.2) is 4.79 Å². The number of nitrogens with zero attached hydrogens (tertiary/aromatic N) is 1. The number of carbonyl (C=O) groups excluding carboxylic acids is 2. The van der Waals surface area contributed by atoms with E-state index in [9.17, 15) is 9.59 Å². The van der Waals surface area contributed by atoms with Crippen molar-refractivity contribution in [1.82, 2.24) is 5.06 Å². The van der Waals surface area contributed by atoms with Crippen LogP contribution in [-0.2, 0) is 23.5 Å². The zero-order chi connectivity index (χ0) is 25.4. The van der Waals surface area contributed by atoms with Gasteiger partial charge in [0.25, 0.3) is 8.32 Å². The normalized spacial score (nSPS) is 22.6. The third-order valence-electron chi connectivity index (χ3n) is 6.39. The molecule has 2 aliphatic rings. The highest BCUT2D eigenvalue weighted by molar-refractivity contribution is 6.99. The molecule has 2 saturated heterocycles. The Morgan fingerprint density at radius 1 is 0.971 bits per heavy atom. The van der Waals surface area contributed by atoms with E-state index in [1.165, 1.54) is 5.06 Å². The van der Waals surface area contributed by atoms with Crippen molar-refractivity contribution in [1.29, 1.82) is 0 Å². The molecule has 2 fully saturated rings. The molecule has 1 amide bonds. The van der Waals surface area contributed by atoms with Crippen molar-refractivity contribution in [2.45, 2.75) is 76.9 Å². The topological polar surface area (TPSA) is 74.3 Å². The molecule has 0 spiro atoms. The summed E-state index contributed by atoms with van der Waals surface area (Å²) in [7, 11) is -2.86. The third kappa shape index (κ3) is 5.01. The van der Waals surface area contributed by atoms with Crippen LogP contribution in [0.15, 0.2) is 60.7 Å². The van der Waals surface area contributed by atoms with Gasteiger partial charge in [0.15, 0.2) is 6.10 Å².